The summed E-state index contributed by atoms with van der Waals surface area (Å²) in [5, 5.41) is 0. The molecule has 2 N–H and O–H groups in total. The second kappa shape index (κ2) is 5.97. The summed E-state index contributed by atoms with van der Waals surface area (Å²) in [6, 6.07) is 0.305. The Morgan fingerprint density at radius 1 is 1.53 bits per heavy atom. The fraction of sp³-hybridized carbons (Fsp3) is 0.615. The van der Waals surface area contributed by atoms with E-state index in [1.165, 1.54) is 19.7 Å². The maximum absolute atomic E-state index is 11.5. The lowest BCUT2D eigenvalue weighted by molar-refractivity contribution is 0.0593. The van der Waals surface area contributed by atoms with Gasteiger partial charge in [0.1, 0.15) is 5.82 Å². The van der Waals surface area contributed by atoms with Crippen LogP contribution in [0.1, 0.15) is 36.7 Å². The third-order valence-corrected chi connectivity index (χ3v) is 3.47. The Kier molecular flexibility index (Phi) is 4.31. The van der Waals surface area contributed by atoms with E-state index >= 15 is 0 Å². The second-order valence-electron chi connectivity index (χ2n) is 4.87. The zero-order chi connectivity index (χ0) is 13.8. The number of methoxy groups -OCH3 is 1. The molecule has 6 nitrogen and oxygen atoms in total. The first-order valence-corrected chi connectivity index (χ1v) is 6.56. The van der Waals surface area contributed by atoms with E-state index in [2.05, 4.69) is 19.6 Å². The molecule has 0 amide bonds. The first kappa shape index (κ1) is 13.7. The van der Waals surface area contributed by atoms with E-state index in [0.717, 1.165) is 19.4 Å². The predicted octanol–water partition coefficient (Wildman–Crippen LogP) is 0.969. The fourth-order valence-electron chi connectivity index (χ4n) is 2.49. The minimum absolute atomic E-state index is 0.0592. The van der Waals surface area contributed by atoms with Crippen molar-refractivity contribution in [2.24, 2.45) is 5.73 Å². The summed E-state index contributed by atoms with van der Waals surface area (Å²) >= 11 is 0. The van der Waals surface area contributed by atoms with Gasteiger partial charge in [-0.15, -0.1) is 0 Å². The van der Waals surface area contributed by atoms with E-state index in [-0.39, 0.29) is 17.8 Å². The number of hydrogen-bond acceptors (Lipinski definition) is 6. The van der Waals surface area contributed by atoms with Crippen LogP contribution >= 0.6 is 0 Å². The number of rotatable bonds is 3. The first-order chi connectivity index (χ1) is 9.13. The first-order valence-electron chi connectivity index (χ1n) is 6.56. The van der Waals surface area contributed by atoms with Gasteiger partial charge in [-0.05, 0) is 26.2 Å². The monoisotopic (exact) mass is 264 g/mol. The molecule has 1 aliphatic heterocycles. The predicted molar refractivity (Wildman–Crippen MR) is 72.0 cm³/mol. The molecular formula is C13H20N4O2. The molecule has 1 saturated heterocycles. The lowest BCUT2D eigenvalue weighted by Gasteiger charge is -2.38. The van der Waals surface area contributed by atoms with Gasteiger partial charge in [0.15, 0.2) is 5.69 Å². The third-order valence-electron chi connectivity index (χ3n) is 3.47. The average molecular weight is 264 g/mol. The molecule has 0 saturated carbocycles. The van der Waals surface area contributed by atoms with Crippen molar-refractivity contribution in [3.8, 4) is 0 Å². The lowest BCUT2D eigenvalue weighted by Crippen LogP contribution is -2.49. The van der Waals surface area contributed by atoms with E-state index < -0.39 is 5.97 Å². The van der Waals surface area contributed by atoms with Crippen molar-refractivity contribution in [3.63, 3.8) is 0 Å². The molecule has 2 heterocycles. The van der Waals surface area contributed by atoms with Gasteiger partial charge in [-0.3, -0.25) is 4.98 Å². The minimum Gasteiger partial charge on any atom is -0.464 e. The molecule has 0 spiro atoms. The molecule has 1 aromatic heterocycles. The molecule has 0 aromatic carbocycles. The highest BCUT2D eigenvalue weighted by Gasteiger charge is 2.27. The van der Waals surface area contributed by atoms with E-state index in [9.17, 15) is 4.79 Å². The van der Waals surface area contributed by atoms with Crippen LogP contribution in [0.15, 0.2) is 12.4 Å². The van der Waals surface area contributed by atoms with E-state index in [1.54, 1.807) is 6.20 Å². The van der Waals surface area contributed by atoms with Gasteiger partial charge in [-0.2, -0.15) is 0 Å². The summed E-state index contributed by atoms with van der Waals surface area (Å²) in [7, 11) is 1.34. The number of nitrogens with zero attached hydrogens (tertiary/aromatic N) is 3. The minimum atomic E-state index is -0.469. The molecule has 2 atom stereocenters. The third kappa shape index (κ3) is 3.01. The molecule has 1 aromatic rings. The number of nitrogens with two attached hydrogens (primary N) is 1. The maximum atomic E-state index is 11.5. The normalized spacial score (nSPS) is 21.0. The van der Waals surface area contributed by atoms with Crippen LogP contribution in [0.2, 0.25) is 0 Å². The number of carbonyl (C=O) groups excluding carboxylic acids is 1. The molecule has 19 heavy (non-hydrogen) atoms. The zero-order valence-corrected chi connectivity index (χ0v) is 11.4. The summed E-state index contributed by atoms with van der Waals surface area (Å²) in [4.78, 5) is 22.1. The molecule has 104 valence electrons. The van der Waals surface area contributed by atoms with Crippen molar-refractivity contribution in [2.75, 3.05) is 18.6 Å². The summed E-state index contributed by atoms with van der Waals surface area (Å²) in [6.07, 6.45) is 6.41. The van der Waals surface area contributed by atoms with Crippen LogP contribution in [-0.4, -0.2) is 41.7 Å². The van der Waals surface area contributed by atoms with Crippen LogP contribution < -0.4 is 10.6 Å². The number of piperidine rings is 1. The Hall–Kier alpha value is -1.69. The van der Waals surface area contributed by atoms with Gasteiger partial charge in [-0.25, -0.2) is 9.78 Å². The van der Waals surface area contributed by atoms with Crippen LogP contribution in [0.4, 0.5) is 5.82 Å². The van der Waals surface area contributed by atoms with Crippen molar-refractivity contribution >= 4 is 11.8 Å². The van der Waals surface area contributed by atoms with Crippen LogP contribution in [0.5, 0.6) is 0 Å². The number of aromatic nitrogens is 2. The molecule has 0 bridgehead atoms. The molecule has 2 unspecified atom stereocenters. The van der Waals surface area contributed by atoms with Crippen LogP contribution in [0, 0.1) is 0 Å². The fourth-order valence-corrected chi connectivity index (χ4v) is 2.49. The Morgan fingerprint density at radius 2 is 2.32 bits per heavy atom. The summed E-state index contributed by atoms with van der Waals surface area (Å²) in [6.45, 7) is 2.89. The number of anilines is 1. The van der Waals surface area contributed by atoms with Gasteiger partial charge in [0.25, 0.3) is 0 Å². The topological polar surface area (TPSA) is 81.3 Å². The molecule has 0 radical (unpaired) electrons. The highest BCUT2D eigenvalue weighted by atomic mass is 16.5. The number of carbonyl (C=O) groups is 1. The summed E-state index contributed by atoms with van der Waals surface area (Å²) < 4.78 is 4.67. The Bertz CT molecular complexity index is 450. The van der Waals surface area contributed by atoms with E-state index in [1.807, 2.05) is 6.92 Å². The van der Waals surface area contributed by atoms with Gasteiger partial charge in [0.2, 0.25) is 0 Å². The van der Waals surface area contributed by atoms with Crippen molar-refractivity contribution in [1.82, 2.24) is 9.97 Å². The van der Waals surface area contributed by atoms with Gasteiger partial charge < -0.3 is 15.4 Å². The van der Waals surface area contributed by atoms with Gasteiger partial charge in [-0.1, -0.05) is 0 Å². The summed E-state index contributed by atoms with van der Waals surface area (Å²) in [5.41, 5.74) is 6.27. The molecule has 0 aliphatic carbocycles. The van der Waals surface area contributed by atoms with E-state index in [4.69, 9.17) is 5.73 Å². The zero-order valence-electron chi connectivity index (χ0n) is 11.4. The van der Waals surface area contributed by atoms with Crippen molar-refractivity contribution < 1.29 is 9.53 Å². The van der Waals surface area contributed by atoms with Crippen LogP contribution in [0.25, 0.3) is 0 Å². The molecule has 6 heteroatoms. The smallest absolute Gasteiger partial charge is 0.358 e. The van der Waals surface area contributed by atoms with Crippen molar-refractivity contribution in [2.45, 2.75) is 38.3 Å². The number of hydrogen-bond donors (Lipinski definition) is 1. The Labute approximate surface area is 113 Å². The van der Waals surface area contributed by atoms with Crippen LogP contribution in [-0.2, 0) is 4.74 Å². The number of ether oxygens (including phenoxy) is 1. The molecule has 1 fully saturated rings. The number of esters is 1. The Balaban J connectivity index is 2.26. The van der Waals surface area contributed by atoms with Crippen molar-refractivity contribution in [3.05, 3.63) is 18.1 Å². The largest absolute Gasteiger partial charge is 0.464 e. The van der Waals surface area contributed by atoms with Gasteiger partial charge in [0, 0.05) is 18.6 Å². The van der Waals surface area contributed by atoms with E-state index in [0.29, 0.717) is 5.82 Å². The maximum Gasteiger partial charge on any atom is 0.358 e. The highest BCUT2D eigenvalue weighted by molar-refractivity contribution is 5.87. The SMILES string of the molecule is COC(=O)c1cncc(N2CCCCC2C(C)N)n1. The molecular weight excluding hydrogens is 244 g/mol. The lowest BCUT2D eigenvalue weighted by atomic mass is 9.97. The standard InChI is InChI=1S/C13H20N4O2/c1-9(14)11-5-3-4-6-17(11)12-8-15-7-10(16-12)13(18)19-2/h7-9,11H,3-6,14H2,1-2H3. The summed E-state index contributed by atoms with van der Waals surface area (Å²) in [5.74, 6) is 0.230. The van der Waals surface area contributed by atoms with Gasteiger partial charge in [0.05, 0.1) is 19.5 Å². The van der Waals surface area contributed by atoms with Crippen LogP contribution in [0.3, 0.4) is 0 Å². The van der Waals surface area contributed by atoms with Crippen molar-refractivity contribution in [1.29, 1.82) is 0 Å². The highest BCUT2D eigenvalue weighted by Crippen LogP contribution is 2.24. The second-order valence-corrected chi connectivity index (χ2v) is 4.87. The molecule has 2 rings (SSSR count). The van der Waals surface area contributed by atoms with Gasteiger partial charge >= 0.3 is 5.97 Å². The quantitative estimate of drug-likeness (QED) is 0.819. The average Bonchev–Trinajstić information content (AvgIpc) is 2.46. The Morgan fingerprint density at radius 3 is 3.00 bits per heavy atom. The molecule has 1 aliphatic rings.